The molecular weight excluding hydrogens is 242 g/mol. The summed E-state index contributed by atoms with van der Waals surface area (Å²) >= 11 is 7.74. The third-order valence-corrected chi connectivity index (χ3v) is 4.82. The van der Waals surface area contributed by atoms with Crippen LogP contribution in [0.5, 0.6) is 0 Å². The van der Waals surface area contributed by atoms with Gasteiger partial charge in [-0.05, 0) is 31.2 Å². The van der Waals surface area contributed by atoms with Crippen molar-refractivity contribution in [2.75, 3.05) is 14.2 Å². The van der Waals surface area contributed by atoms with Gasteiger partial charge in [-0.2, -0.15) is 0 Å². The van der Waals surface area contributed by atoms with Crippen LogP contribution in [-0.2, 0) is 16.9 Å². The largest absolute Gasteiger partial charge is 0.358 e. The normalized spacial score (nSPS) is 32.8. The van der Waals surface area contributed by atoms with Crippen LogP contribution in [-0.4, -0.2) is 24.3 Å². The van der Waals surface area contributed by atoms with Gasteiger partial charge in [-0.1, -0.05) is 17.7 Å². The standard InChI is InChI=1S/C12H12ClNOS/c1-14-7-16-11-6-8-5-9(13)3-4-10(8)12(11,14)15-2/h3-5,11H,6H2,1-2H3. The molecule has 1 aliphatic heterocycles. The van der Waals surface area contributed by atoms with E-state index in [2.05, 4.69) is 11.9 Å². The Hall–Kier alpha value is -0.220. The second kappa shape index (κ2) is 3.64. The van der Waals surface area contributed by atoms with Crippen molar-refractivity contribution in [3.63, 3.8) is 0 Å². The van der Waals surface area contributed by atoms with E-state index in [4.69, 9.17) is 16.3 Å². The van der Waals surface area contributed by atoms with Crippen LogP contribution in [0, 0.1) is 5.88 Å². The number of ether oxygens (including phenoxy) is 1. The molecule has 4 heteroatoms. The molecule has 16 heavy (non-hydrogen) atoms. The lowest BCUT2D eigenvalue weighted by atomic mass is 10.0. The summed E-state index contributed by atoms with van der Waals surface area (Å²) in [6.07, 6.45) is 0.992. The van der Waals surface area contributed by atoms with Gasteiger partial charge in [-0.3, -0.25) is 4.90 Å². The van der Waals surface area contributed by atoms with Crippen LogP contribution >= 0.6 is 23.4 Å². The number of halogens is 1. The summed E-state index contributed by atoms with van der Waals surface area (Å²) < 4.78 is 5.80. The van der Waals surface area contributed by atoms with Crippen LogP contribution in [0.4, 0.5) is 0 Å². The molecular formula is C12H12ClNOS. The van der Waals surface area contributed by atoms with E-state index >= 15 is 0 Å². The monoisotopic (exact) mass is 253 g/mol. The van der Waals surface area contributed by atoms with Gasteiger partial charge in [0.15, 0.2) is 5.72 Å². The highest BCUT2D eigenvalue weighted by Crippen LogP contribution is 2.54. The zero-order valence-corrected chi connectivity index (χ0v) is 10.7. The lowest BCUT2D eigenvalue weighted by Crippen LogP contribution is -2.43. The molecule has 84 valence electrons. The van der Waals surface area contributed by atoms with Gasteiger partial charge in [0, 0.05) is 17.7 Å². The molecule has 1 aromatic rings. The smallest absolute Gasteiger partial charge is 0.161 e. The molecule has 2 aliphatic rings. The van der Waals surface area contributed by atoms with Crippen molar-refractivity contribution in [1.82, 2.24) is 4.90 Å². The van der Waals surface area contributed by atoms with Gasteiger partial charge in [0.05, 0.1) is 5.25 Å². The summed E-state index contributed by atoms with van der Waals surface area (Å²) in [6, 6.07) is 6.05. The Morgan fingerprint density at radius 3 is 3.19 bits per heavy atom. The average Bonchev–Trinajstić information content (AvgIpc) is 2.74. The highest BCUT2D eigenvalue weighted by Gasteiger charge is 2.55. The molecule has 1 aliphatic carbocycles. The van der Waals surface area contributed by atoms with Gasteiger partial charge in [0.2, 0.25) is 0 Å². The minimum absolute atomic E-state index is 0.343. The quantitative estimate of drug-likeness (QED) is 0.764. The first-order chi connectivity index (χ1) is 7.68. The van der Waals surface area contributed by atoms with E-state index in [-0.39, 0.29) is 5.72 Å². The molecule has 2 radical (unpaired) electrons. The number of hydrogen-bond acceptors (Lipinski definition) is 3. The second-order valence-electron chi connectivity index (χ2n) is 4.16. The van der Waals surface area contributed by atoms with Gasteiger partial charge in [0.25, 0.3) is 0 Å². The molecule has 1 heterocycles. The van der Waals surface area contributed by atoms with Crippen molar-refractivity contribution in [3.8, 4) is 0 Å². The number of thioether (sulfide) groups is 1. The number of rotatable bonds is 1. The summed E-state index contributed by atoms with van der Waals surface area (Å²) in [6.45, 7) is 0. The fourth-order valence-electron chi connectivity index (χ4n) is 2.70. The molecule has 3 rings (SSSR count). The molecule has 2 unspecified atom stereocenters. The van der Waals surface area contributed by atoms with Crippen molar-refractivity contribution in [1.29, 1.82) is 0 Å². The van der Waals surface area contributed by atoms with E-state index in [0.29, 0.717) is 5.25 Å². The lowest BCUT2D eigenvalue weighted by molar-refractivity contribution is -0.101. The fourth-order valence-corrected chi connectivity index (χ4v) is 4.12. The Labute approximate surface area is 105 Å². The highest BCUT2D eigenvalue weighted by molar-refractivity contribution is 8.02. The predicted octanol–water partition coefficient (Wildman–Crippen LogP) is 2.74. The Morgan fingerprint density at radius 2 is 2.44 bits per heavy atom. The Morgan fingerprint density at radius 1 is 1.62 bits per heavy atom. The van der Waals surface area contributed by atoms with Crippen molar-refractivity contribution >= 4 is 23.4 Å². The molecule has 0 N–H and O–H groups in total. The molecule has 0 saturated carbocycles. The van der Waals surface area contributed by atoms with Gasteiger partial charge in [-0.25, -0.2) is 0 Å². The van der Waals surface area contributed by atoms with Crippen molar-refractivity contribution < 1.29 is 4.74 Å². The molecule has 1 fully saturated rings. The van der Waals surface area contributed by atoms with Crippen LogP contribution in [0.3, 0.4) is 0 Å². The van der Waals surface area contributed by atoms with Gasteiger partial charge < -0.3 is 4.74 Å². The summed E-state index contributed by atoms with van der Waals surface area (Å²) in [5.74, 6) is 3.26. The summed E-state index contributed by atoms with van der Waals surface area (Å²) in [5, 5.41) is 1.18. The number of benzene rings is 1. The maximum atomic E-state index is 6.03. The van der Waals surface area contributed by atoms with E-state index in [1.165, 1.54) is 11.1 Å². The molecule has 0 spiro atoms. The van der Waals surface area contributed by atoms with E-state index in [1.807, 2.05) is 24.1 Å². The maximum Gasteiger partial charge on any atom is 0.161 e. The first kappa shape index (κ1) is 10.9. The number of nitrogens with zero attached hydrogens (tertiary/aromatic N) is 1. The Bertz CT molecular complexity index is 439. The average molecular weight is 254 g/mol. The topological polar surface area (TPSA) is 12.5 Å². The van der Waals surface area contributed by atoms with E-state index in [9.17, 15) is 0 Å². The fraction of sp³-hybridized carbons (Fsp3) is 0.417. The van der Waals surface area contributed by atoms with Crippen LogP contribution in [0.15, 0.2) is 18.2 Å². The van der Waals surface area contributed by atoms with Crippen molar-refractivity contribution in [3.05, 3.63) is 40.2 Å². The summed E-state index contributed by atoms with van der Waals surface area (Å²) in [7, 11) is 3.78. The first-order valence-electron chi connectivity index (χ1n) is 5.17. The van der Waals surface area contributed by atoms with Crippen LogP contribution in [0.1, 0.15) is 11.1 Å². The molecule has 0 aromatic heterocycles. The third kappa shape index (κ3) is 1.23. The Balaban J connectivity index is 2.17. The highest BCUT2D eigenvalue weighted by atomic mass is 35.5. The SMILES string of the molecule is COC12c3ccc(Cl)cc3CC1S[C]N2C. The number of fused-ring (bicyclic) bond motifs is 3. The van der Waals surface area contributed by atoms with E-state index in [1.54, 1.807) is 18.9 Å². The van der Waals surface area contributed by atoms with Crippen molar-refractivity contribution in [2.24, 2.45) is 0 Å². The Kier molecular flexibility index (Phi) is 2.48. The number of hydrogen-bond donors (Lipinski definition) is 0. The molecule has 2 nitrogen and oxygen atoms in total. The van der Waals surface area contributed by atoms with E-state index in [0.717, 1.165) is 11.4 Å². The van der Waals surface area contributed by atoms with Crippen LogP contribution in [0.2, 0.25) is 5.02 Å². The predicted molar refractivity (Wildman–Crippen MR) is 66.2 cm³/mol. The van der Waals surface area contributed by atoms with Crippen LogP contribution < -0.4 is 0 Å². The zero-order valence-electron chi connectivity index (χ0n) is 9.16. The molecule has 0 bridgehead atoms. The molecule has 1 saturated heterocycles. The summed E-state index contributed by atoms with van der Waals surface area (Å²) in [5.41, 5.74) is 2.18. The third-order valence-electron chi connectivity index (χ3n) is 3.44. The van der Waals surface area contributed by atoms with E-state index < -0.39 is 0 Å². The summed E-state index contributed by atoms with van der Waals surface area (Å²) in [4.78, 5) is 2.04. The molecule has 2 atom stereocenters. The van der Waals surface area contributed by atoms with Crippen molar-refractivity contribution in [2.45, 2.75) is 17.4 Å². The molecule has 1 aromatic carbocycles. The number of methoxy groups -OCH3 is 1. The maximum absolute atomic E-state index is 6.03. The van der Waals surface area contributed by atoms with Gasteiger partial charge >= 0.3 is 0 Å². The van der Waals surface area contributed by atoms with Gasteiger partial charge in [0.1, 0.15) is 5.88 Å². The second-order valence-corrected chi connectivity index (χ2v) is 5.59. The van der Waals surface area contributed by atoms with Crippen LogP contribution in [0.25, 0.3) is 0 Å². The minimum Gasteiger partial charge on any atom is -0.358 e. The molecule has 0 amide bonds. The van der Waals surface area contributed by atoms with Gasteiger partial charge in [-0.15, -0.1) is 11.8 Å². The zero-order chi connectivity index (χ0) is 11.3. The first-order valence-corrected chi connectivity index (χ1v) is 6.43. The lowest BCUT2D eigenvalue weighted by Gasteiger charge is -2.34. The minimum atomic E-state index is -0.343.